The molecule has 0 radical (unpaired) electrons. The van der Waals surface area contributed by atoms with Gasteiger partial charge < -0.3 is 9.47 Å². The second-order valence-electron chi connectivity index (χ2n) is 3.95. The average molecular weight is 221 g/mol. The van der Waals surface area contributed by atoms with Crippen LogP contribution in [0.15, 0.2) is 0 Å². The summed E-state index contributed by atoms with van der Waals surface area (Å²) >= 11 is 0. The van der Waals surface area contributed by atoms with Crippen LogP contribution in [0.2, 0.25) is 0 Å². The second-order valence-corrected chi connectivity index (χ2v) is 3.95. The van der Waals surface area contributed by atoms with E-state index in [1.54, 1.807) is 18.7 Å². The van der Waals surface area contributed by atoms with Crippen LogP contribution in [0.4, 0.5) is 0 Å². The van der Waals surface area contributed by atoms with E-state index in [1.165, 1.54) is 0 Å². The Hall–Kier alpha value is -1.54. The Kier molecular flexibility index (Phi) is 3.11. The van der Waals surface area contributed by atoms with E-state index in [-0.39, 0.29) is 6.10 Å². The molecule has 16 heavy (non-hydrogen) atoms. The number of aryl methyl sites for hydroxylation is 2. The highest BCUT2D eigenvalue weighted by atomic mass is 16.5. The zero-order valence-corrected chi connectivity index (χ0v) is 9.56. The van der Waals surface area contributed by atoms with E-state index >= 15 is 0 Å². The van der Waals surface area contributed by atoms with Crippen LogP contribution in [0.25, 0.3) is 0 Å². The molecule has 86 valence electrons. The van der Waals surface area contributed by atoms with Crippen molar-refractivity contribution in [1.82, 2.24) is 9.78 Å². The Morgan fingerprint density at radius 3 is 3.12 bits per heavy atom. The summed E-state index contributed by atoms with van der Waals surface area (Å²) in [5.74, 6) is 0.538. The monoisotopic (exact) mass is 221 g/mol. The van der Waals surface area contributed by atoms with Gasteiger partial charge >= 0.3 is 0 Å². The van der Waals surface area contributed by atoms with E-state index in [4.69, 9.17) is 14.7 Å². The normalized spacial score (nSPS) is 19.7. The Morgan fingerprint density at radius 2 is 2.50 bits per heavy atom. The summed E-state index contributed by atoms with van der Waals surface area (Å²) in [7, 11) is 1.78. The summed E-state index contributed by atoms with van der Waals surface area (Å²) < 4.78 is 12.7. The molecule has 0 aliphatic carbocycles. The van der Waals surface area contributed by atoms with Crippen molar-refractivity contribution in [2.24, 2.45) is 7.05 Å². The fourth-order valence-electron chi connectivity index (χ4n) is 1.88. The average Bonchev–Trinajstić information content (AvgIpc) is 2.83. The number of hydrogen-bond donors (Lipinski definition) is 0. The summed E-state index contributed by atoms with van der Waals surface area (Å²) in [6.07, 6.45) is 2.27. The van der Waals surface area contributed by atoms with Crippen molar-refractivity contribution in [2.45, 2.75) is 25.9 Å². The van der Waals surface area contributed by atoms with Crippen molar-refractivity contribution in [3.63, 3.8) is 0 Å². The first-order valence-electron chi connectivity index (χ1n) is 5.40. The van der Waals surface area contributed by atoms with Gasteiger partial charge in [-0.05, 0) is 19.8 Å². The van der Waals surface area contributed by atoms with Crippen LogP contribution in [-0.2, 0) is 11.8 Å². The number of ether oxygens (including phenoxy) is 2. The molecule has 5 nitrogen and oxygen atoms in total. The Morgan fingerprint density at radius 1 is 1.69 bits per heavy atom. The van der Waals surface area contributed by atoms with Crippen LogP contribution in [0, 0.1) is 18.3 Å². The number of rotatable bonds is 3. The van der Waals surface area contributed by atoms with E-state index in [0.717, 1.165) is 19.4 Å². The molecule has 1 aromatic heterocycles. The van der Waals surface area contributed by atoms with Crippen molar-refractivity contribution < 1.29 is 9.47 Å². The molecule has 0 bridgehead atoms. The van der Waals surface area contributed by atoms with Crippen LogP contribution in [0.1, 0.15) is 24.1 Å². The van der Waals surface area contributed by atoms with Gasteiger partial charge in [-0.3, -0.25) is 0 Å². The quantitative estimate of drug-likeness (QED) is 0.768. The molecule has 1 unspecified atom stereocenters. The Bertz CT molecular complexity index is 414. The van der Waals surface area contributed by atoms with E-state index in [2.05, 4.69) is 11.2 Å². The van der Waals surface area contributed by atoms with E-state index in [1.807, 2.05) is 0 Å². The molecule has 2 heterocycles. The molecule has 0 amide bonds. The molecule has 0 spiro atoms. The molecule has 5 heteroatoms. The second kappa shape index (κ2) is 4.54. The smallest absolute Gasteiger partial charge is 0.230 e. The third-order valence-corrected chi connectivity index (χ3v) is 2.71. The molecule has 1 aliphatic heterocycles. The maximum Gasteiger partial charge on any atom is 0.230 e. The number of hydrogen-bond acceptors (Lipinski definition) is 4. The molecule has 1 fully saturated rings. The molecule has 2 rings (SSSR count). The lowest BCUT2D eigenvalue weighted by Crippen LogP contribution is -2.17. The number of aromatic nitrogens is 2. The van der Waals surface area contributed by atoms with Crippen molar-refractivity contribution in [2.75, 3.05) is 13.2 Å². The third kappa shape index (κ3) is 2.02. The standard InChI is InChI=1S/C11H15N3O2/c1-8-10(6-12)11(14(2)13-8)16-7-9-4-3-5-15-9/h9H,3-5,7H2,1-2H3. The van der Waals surface area contributed by atoms with Crippen molar-refractivity contribution in [3.05, 3.63) is 11.3 Å². The predicted octanol–water partition coefficient (Wildman–Crippen LogP) is 1.16. The number of nitrogens with zero attached hydrogens (tertiary/aromatic N) is 3. The minimum Gasteiger partial charge on any atom is -0.474 e. The van der Waals surface area contributed by atoms with Gasteiger partial charge in [0, 0.05) is 13.7 Å². The van der Waals surface area contributed by atoms with Crippen LogP contribution in [0.5, 0.6) is 5.88 Å². The maximum atomic E-state index is 8.99. The lowest BCUT2D eigenvalue weighted by molar-refractivity contribution is 0.0647. The highest BCUT2D eigenvalue weighted by molar-refractivity contribution is 5.41. The summed E-state index contributed by atoms with van der Waals surface area (Å²) in [6, 6.07) is 2.11. The summed E-state index contributed by atoms with van der Waals surface area (Å²) in [4.78, 5) is 0. The largest absolute Gasteiger partial charge is 0.474 e. The minimum atomic E-state index is 0.154. The molecule has 0 N–H and O–H groups in total. The van der Waals surface area contributed by atoms with Crippen LogP contribution < -0.4 is 4.74 Å². The molecule has 1 saturated heterocycles. The van der Waals surface area contributed by atoms with E-state index in [0.29, 0.717) is 23.7 Å². The van der Waals surface area contributed by atoms with Crippen LogP contribution in [0.3, 0.4) is 0 Å². The molecule has 1 atom stereocenters. The number of nitriles is 1. The lowest BCUT2D eigenvalue weighted by atomic mass is 10.2. The molecular weight excluding hydrogens is 206 g/mol. The van der Waals surface area contributed by atoms with Crippen molar-refractivity contribution >= 4 is 0 Å². The van der Waals surface area contributed by atoms with Gasteiger partial charge in [0.25, 0.3) is 0 Å². The predicted molar refractivity (Wildman–Crippen MR) is 57.1 cm³/mol. The maximum absolute atomic E-state index is 8.99. The van der Waals surface area contributed by atoms with Gasteiger partial charge in [-0.2, -0.15) is 10.4 Å². The highest BCUT2D eigenvalue weighted by Crippen LogP contribution is 2.21. The first kappa shape index (κ1) is 11.0. The Labute approximate surface area is 94.6 Å². The fourth-order valence-corrected chi connectivity index (χ4v) is 1.88. The molecule has 0 aromatic carbocycles. The van der Waals surface area contributed by atoms with Gasteiger partial charge in [-0.15, -0.1) is 0 Å². The molecular formula is C11H15N3O2. The highest BCUT2D eigenvalue weighted by Gasteiger charge is 2.19. The van der Waals surface area contributed by atoms with E-state index < -0.39 is 0 Å². The summed E-state index contributed by atoms with van der Waals surface area (Å²) in [5, 5.41) is 13.1. The van der Waals surface area contributed by atoms with Gasteiger partial charge in [0.05, 0.1) is 11.8 Å². The minimum absolute atomic E-state index is 0.154. The van der Waals surface area contributed by atoms with Crippen LogP contribution in [-0.4, -0.2) is 29.1 Å². The summed E-state index contributed by atoms with van der Waals surface area (Å²) in [6.45, 7) is 3.11. The lowest BCUT2D eigenvalue weighted by Gasteiger charge is -2.11. The first-order valence-corrected chi connectivity index (χ1v) is 5.40. The van der Waals surface area contributed by atoms with Gasteiger partial charge in [-0.1, -0.05) is 0 Å². The summed E-state index contributed by atoms with van der Waals surface area (Å²) in [5.41, 5.74) is 1.22. The SMILES string of the molecule is Cc1nn(C)c(OCC2CCCO2)c1C#N. The fraction of sp³-hybridized carbons (Fsp3) is 0.636. The van der Waals surface area contributed by atoms with E-state index in [9.17, 15) is 0 Å². The van der Waals surface area contributed by atoms with Crippen molar-refractivity contribution in [1.29, 1.82) is 5.26 Å². The molecule has 1 aliphatic rings. The van der Waals surface area contributed by atoms with Gasteiger partial charge in [-0.25, -0.2) is 4.68 Å². The molecule has 1 aromatic rings. The zero-order valence-electron chi connectivity index (χ0n) is 9.56. The third-order valence-electron chi connectivity index (χ3n) is 2.71. The Balaban J connectivity index is 2.06. The topological polar surface area (TPSA) is 60.1 Å². The van der Waals surface area contributed by atoms with Gasteiger partial charge in [0.1, 0.15) is 18.2 Å². The van der Waals surface area contributed by atoms with Gasteiger partial charge in [0.2, 0.25) is 5.88 Å². The first-order chi connectivity index (χ1) is 7.72. The molecule has 0 saturated carbocycles. The zero-order chi connectivity index (χ0) is 11.5. The van der Waals surface area contributed by atoms with Gasteiger partial charge in [0.15, 0.2) is 0 Å². The van der Waals surface area contributed by atoms with Crippen LogP contribution >= 0.6 is 0 Å². The van der Waals surface area contributed by atoms with Crippen molar-refractivity contribution in [3.8, 4) is 11.9 Å².